The molecule has 0 bridgehead atoms. The highest BCUT2D eigenvalue weighted by atomic mass is 35.5. The summed E-state index contributed by atoms with van der Waals surface area (Å²) in [6, 6.07) is 0. The summed E-state index contributed by atoms with van der Waals surface area (Å²) in [5.74, 6) is -0.714. The second-order valence-corrected chi connectivity index (χ2v) is 2.84. The van der Waals surface area contributed by atoms with Crippen LogP contribution in [-0.2, 0) is 12.5 Å². The molecule has 0 aliphatic heterocycles. The summed E-state index contributed by atoms with van der Waals surface area (Å²) in [6.07, 6.45) is -1.96. The molecular weight excluding hydrogens is 216 g/mol. The Kier molecular flexibility index (Phi) is 3.60. The van der Waals surface area contributed by atoms with Gasteiger partial charge in [-0.25, -0.2) is 8.78 Å². The first-order valence-corrected chi connectivity index (χ1v) is 4.29. The fraction of sp³-hybridized carbons (Fsp3) is 0.375. The molecule has 0 fully saturated rings. The van der Waals surface area contributed by atoms with Gasteiger partial charge in [0.05, 0.1) is 29.9 Å². The maximum absolute atomic E-state index is 12.4. The van der Waals surface area contributed by atoms with E-state index < -0.39 is 24.3 Å². The summed E-state index contributed by atoms with van der Waals surface area (Å²) in [5.41, 5.74) is -0.546. The number of hydrogen-bond acceptors (Lipinski definition) is 3. The number of aliphatic hydroxyl groups is 1. The van der Waals surface area contributed by atoms with Crippen LogP contribution >= 0.6 is 11.6 Å². The highest BCUT2D eigenvalue weighted by Gasteiger charge is 2.20. The third-order valence-corrected chi connectivity index (χ3v) is 2.05. The molecule has 14 heavy (non-hydrogen) atoms. The van der Waals surface area contributed by atoms with Crippen LogP contribution in [0, 0.1) is 0 Å². The van der Waals surface area contributed by atoms with Crippen molar-refractivity contribution in [2.75, 3.05) is 0 Å². The van der Waals surface area contributed by atoms with Crippen molar-refractivity contribution in [3.8, 4) is 5.75 Å². The minimum Gasteiger partial charge on any atom is -0.506 e. The van der Waals surface area contributed by atoms with E-state index in [0.29, 0.717) is 0 Å². The van der Waals surface area contributed by atoms with Crippen LogP contribution in [0.1, 0.15) is 23.2 Å². The highest BCUT2D eigenvalue weighted by molar-refractivity contribution is 6.17. The van der Waals surface area contributed by atoms with Gasteiger partial charge in [-0.1, -0.05) is 0 Å². The van der Waals surface area contributed by atoms with Gasteiger partial charge in [-0.15, -0.1) is 11.6 Å². The lowest BCUT2D eigenvalue weighted by Crippen LogP contribution is -2.02. The lowest BCUT2D eigenvalue weighted by atomic mass is 10.1. The molecular formula is C8H8ClF2NO2. The van der Waals surface area contributed by atoms with Gasteiger partial charge in [0.1, 0.15) is 5.75 Å². The maximum atomic E-state index is 12.4. The zero-order valence-electron chi connectivity index (χ0n) is 7.04. The molecule has 0 unspecified atom stereocenters. The minimum absolute atomic E-state index is 0.0874. The number of pyridine rings is 1. The second kappa shape index (κ2) is 4.52. The molecule has 6 heteroatoms. The van der Waals surface area contributed by atoms with E-state index in [1.54, 1.807) is 0 Å². The van der Waals surface area contributed by atoms with Gasteiger partial charge in [-0.05, 0) is 0 Å². The Morgan fingerprint density at radius 3 is 2.57 bits per heavy atom. The summed E-state index contributed by atoms with van der Waals surface area (Å²) < 4.78 is 24.9. The number of nitrogens with zero attached hydrogens (tertiary/aromatic N) is 1. The molecule has 1 heterocycles. The largest absolute Gasteiger partial charge is 0.506 e. The molecule has 0 spiro atoms. The molecule has 0 atom stereocenters. The average molecular weight is 224 g/mol. The van der Waals surface area contributed by atoms with E-state index >= 15 is 0 Å². The number of rotatable bonds is 3. The molecule has 78 valence electrons. The fourth-order valence-electron chi connectivity index (χ4n) is 1.13. The monoisotopic (exact) mass is 223 g/mol. The summed E-state index contributed by atoms with van der Waals surface area (Å²) in [5, 5.41) is 18.0. The topological polar surface area (TPSA) is 53.4 Å². The van der Waals surface area contributed by atoms with Crippen LogP contribution < -0.4 is 0 Å². The standard InChI is InChI=1S/C8H8ClF2NO2/c9-1-5-4(3-13)7(8(10)11)6(14)2-12-5/h2,8,13-14H,1,3H2. The lowest BCUT2D eigenvalue weighted by molar-refractivity contribution is 0.142. The maximum Gasteiger partial charge on any atom is 0.267 e. The van der Waals surface area contributed by atoms with Crippen molar-refractivity contribution in [2.24, 2.45) is 0 Å². The third-order valence-electron chi connectivity index (χ3n) is 1.79. The summed E-state index contributed by atoms with van der Waals surface area (Å²) in [4.78, 5) is 3.64. The SMILES string of the molecule is OCc1c(CCl)ncc(O)c1C(F)F. The molecule has 0 aromatic carbocycles. The van der Waals surface area contributed by atoms with Gasteiger partial charge in [-0.2, -0.15) is 0 Å². The predicted octanol–water partition coefficient (Wildman–Crippen LogP) is 1.96. The van der Waals surface area contributed by atoms with Crippen LogP contribution in [0.15, 0.2) is 6.20 Å². The number of alkyl halides is 3. The number of hydrogen-bond donors (Lipinski definition) is 2. The number of aliphatic hydroxyl groups excluding tert-OH is 1. The molecule has 0 aliphatic rings. The normalized spacial score (nSPS) is 10.9. The zero-order chi connectivity index (χ0) is 10.7. The zero-order valence-corrected chi connectivity index (χ0v) is 7.80. The van der Waals surface area contributed by atoms with E-state index in [1.807, 2.05) is 0 Å². The molecule has 0 radical (unpaired) electrons. The van der Waals surface area contributed by atoms with Gasteiger partial charge in [0.25, 0.3) is 6.43 Å². The number of aromatic hydroxyl groups is 1. The van der Waals surface area contributed by atoms with Gasteiger partial charge in [0, 0.05) is 5.56 Å². The Labute approximate surface area is 84.0 Å². The van der Waals surface area contributed by atoms with Crippen LogP contribution in [0.5, 0.6) is 5.75 Å². The first-order valence-electron chi connectivity index (χ1n) is 3.76. The number of halogens is 3. The second-order valence-electron chi connectivity index (χ2n) is 2.57. The smallest absolute Gasteiger partial charge is 0.267 e. The highest BCUT2D eigenvalue weighted by Crippen LogP contribution is 2.32. The quantitative estimate of drug-likeness (QED) is 0.771. The van der Waals surface area contributed by atoms with E-state index in [0.717, 1.165) is 6.20 Å². The summed E-state index contributed by atoms with van der Waals surface area (Å²) >= 11 is 5.44. The molecule has 0 aliphatic carbocycles. The average Bonchev–Trinajstić information content (AvgIpc) is 2.16. The third kappa shape index (κ3) is 1.93. The minimum atomic E-state index is -2.86. The summed E-state index contributed by atoms with van der Waals surface area (Å²) in [7, 11) is 0. The van der Waals surface area contributed by atoms with Crippen LogP contribution in [0.2, 0.25) is 0 Å². The first-order chi connectivity index (χ1) is 6.61. The van der Waals surface area contributed by atoms with Gasteiger partial charge in [-0.3, -0.25) is 4.98 Å². The molecule has 0 amide bonds. The van der Waals surface area contributed by atoms with E-state index in [2.05, 4.69) is 4.98 Å². The van der Waals surface area contributed by atoms with Crippen molar-refractivity contribution in [1.29, 1.82) is 0 Å². The van der Waals surface area contributed by atoms with Crippen LogP contribution in [0.25, 0.3) is 0 Å². The van der Waals surface area contributed by atoms with Crippen LogP contribution in [-0.4, -0.2) is 15.2 Å². The van der Waals surface area contributed by atoms with Crippen LogP contribution in [0.4, 0.5) is 8.78 Å². The Morgan fingerprint density at radius 1 is 1.50 bits per heavy atom. The Morgan fingerprint density at radius 2 is 2.14 bits per heavy atom. The van der Waals surface area contributed by atoms with Gasteiger partial charge < -0.3 is 10.2 Å². The van der Waals surface area contributed by atoms with Crippen molar-refractivity contribution in [3.63, 3.8) is 0 Å². The van der Waals surface area contributed by atoms with Gasteiger partial charge in [0.15, 0.2) is 0 Å². The van der Waals surface area contributed by atoms with Gasteiger partial charge >= 0.3 is 0 Å². The van der Waals surface area contributed by atoms with E-state index in [-0.39, 0.29) is 17.1 Å². The molecule has 0 saturated carbocycles. The van der Waals surface area contributed by atoms with Crippen molar-refractivity contribution in [2.45, 2.75) is 18.9 Å². The molecule has 1 aromatic heterocycles. The lowest BCUT2D eigenvalue weighted by Gasteiger charge is -2.11. The van der Waals surface area contributed by atoms with E-state index in [1.165, 1.54) is 0 Å². The van der Waals surface area contributed by atoms with Crippen molar-refractivity contribution < 1.29 is 19.0 Å². The van der Waals surface area contributed by atoms with Crippen molar-refractivity contribution >= 4 is 11.6 Å². The molecule has 3 nitrogen and oxygen atoms in total. The molecule has 0 saturated heterocycles. The predicted molar refractivity (Wildman–Crippen MR) is 46.3 cm³/mol. The molecule has 1 aromatic rings. The van der Waals surface area contributed by atoms with E-state index in [9.17, 15) is 8.78 Å². The van der Waals surface area contributed by atoms with E-state index in [4.69, 9.17) is 21.8 Å². The molecule has 1 rings (SSSR count). The Balaban J connectivity index is 3.35. The van der Waals surface area contributed by atoms with Gasteiger partial charge in [0.2, 0.25) is 0 Å². The Hall–Kier alpha value is -0.940. The first kappa shape index (κ1) is 11.1. The summed E-state index contributed by atoms with van der Waals surface area (Å²) in [6.45, 7) is -0.622. The van der Waals surface area contributed by atoms with Crippen molar-refractivity contribution in [1.82, 2.24) is 4.98 Å². The van der Waals surface area contributed by atoms with Crippen LogP contribution in [0.3, 0.4) is 0 Å². The fourth-order valence-corrected chi connectivity index (χ4v) is 1.36. The molecule has 2 N–H and O–H groups in total. The number of aromatic nitrogens is 1. The Bertz CT molecular complexity index is 333. The van der Waals surface area contributed by atoms with Crippen molar-refractivity contribution in [3.05, 3.63) is 23.0 Å².